The van der Waals surface area contributed by atoms with E-state index in [2.05, 4.69) is 29.4 Å². The smallest absolute Gasteiger partial charge is 0.224 e. The van der Waals surface area contributed by atoms with Gasteiger partial charge in [0, 0.05) is 22.9 Å². The van der Waals surface area contributed by atoms with Crippen molar-refractivity contribution in [2.24, 2.45) is 0 Å². The van der Waals surface area contributed by atoms with Crippen LogP contribution in [0.4, 0.5) is 5.69 Å². The summed E-state index contributed by atoms with van der Waals surface area (Å²) >= 11 is 1.65. The summed E-state index contributed by atoms with van der Waals surface area (Å²) in [6, 6.07) is 8.00. The lowest BCUT2D eigenvalue weighted by atomic mass is 10.1. The molecule has 0 radical (unpaired) electrons. The molecule has 0 aliphatic carbocycles. The van der Waals surface area contributed by atoms with Crippen LogP contribution in [-0.2, 0) is 4.79 Å². The fourth-order valence-corrected chi connectivity index (χ4v) is 4.56. The van der Waals surface area contributed by atoms with Crippen LogP contribution in [0.3, 0.4) is 0 Å². The fraction of sp³-hybridized carbons (Fsp3) is 0.571. The van der Waals surface area contributed by atoms with Crippen molar-refractivity contribution in [1.29, 1.82) is 0 Å². The monoisotopic (exact) mass is 454 g/mol. The number of amides is 1. The number of carbonyl (C=O) groups excluding carboxylic acids is 1. The number of aromatic nitrogens is 1. The molecule has 3 nitrogen and oxygen atoms in total. The summed E-state index contributed by atoms with van der Waals surface area (Å²) < 4.78 is 0. The Bertz CT molecular complexity index is 818. The first-order chi connectivity index (χ1) is 15.8. The molecule has 0 bridgehead atoms. The number of unbranched alkanes of at least 4 members (excludes halogenated alkanes) is 11. The second-order valence-corrected chi connectivity index (χ2v) is 9.44. The number of allylic oxidation sites excluding steroid dienone is 2. The lowest BCUT2D eigenvalue weighted by molar-refractivity contribution is -0.116. The standard InChI is InChI=1S/C28H42N2OS/c1-3-4-5-6-7-8-9-10-11-12-13-14-15-16-17-20-27(31)30-28-24-19-18-23-29-25(24)21-22-26(28)32-2/h10-11,18-19,21-23H,3-9,12-17,20H2,1-2H3,(H,30,31)/b11-10+. The topological polar surface area (TPSA) is 42.0 Å². The van der Waals surface area contributed by atoms with Gasteiger partial charge < -0.3 is 5.32 Å². The van der Waals surface area contributed by atoms with Crippen LogP contribution in [0.1, 0.15) is 96.8 Å². The summed E-state index contributed by atoms with van der Waals surface area (Å²) in [4.78, 5) is 18.0. The predicted octanol–water partition coefficient (Wildman–Crippen LogP) is 8.93. The lowest BCUT2D eigenvalue weighted by Gasteiger charge is -2.12. The molecule has 2 aromatic rings. The van der Waals surface area contributed by atoms with Crippen molar-refractivity contribution in [3.8, 4) is 0 Å². The molecule has 1 heterocycles. The zero-order valence-corrected chi connectivity index (χ0v) is 21.0. The molecule has 0 unspecified atom stereocenters. The number of thioether (sulfide) groups is 1. The van der Waals surface area contributed by atoms with Crippen molar-refractivity contribution in [3.05, 3.63) is 42.6 Å². The van der Waals surface area contributed by atoms with Crippen LogP contribution in [-0.4, -0.2) is 17.1 Å². The molecule has 1 aromatic carbocycles. The summed E-state index contributed by atoms with van der Waals surface area (Å²) in [5, 5.41) is 4.16. The Kier molecular flexibility index (Phi) is 13.9. The maximum Gasteiger partial charge on any atom is 0.224 e. The second-order valence-electron chi connectivity index (χ2n) is 8.60. The van der Waals surface area contributed by atoms with Crippen molar-refractivity contribution < 1.29 is 4.79 Å². The van der Waals surface area contributed by atoms with Crippen LogP contribution in [0.25, 0.3) is 10.9 Å². The highest BCUT2D eigenvalue weighted by atomic mass is 32.2. The highest BCUT2D eigenvalue weighted by Crippen LogP contribution is 2.32. The Balaban J connectivity index is 1.54. The summed E-state index contributed by atoms with van der Waals surface area (Å²) in [5.74, 6) is 0.106. The van der Waals surface area contributed by atoms with Crippen LogP contribution in [0.15, 0.2) is 47.5 Å². The van der Waals surface area contributed by atoms with Gasteiger partial charge in [-0.2, -0.15) is 0 Å². The van der Waals surface area contributed by atoms with E-state index < -0.39 is 0 Å². The predicted molar refractivity (Wildman–Crippen MR) is 142 cm³/mol. The van der Waals surface area contributed by atoms with Gasteiger partial charge in [-0.15, -0.1) is 11.8 Å². The Morgan fingerprint density at radius 2 is 1.56 bits per heavy atom. The maximum atomic E-state index is 12.5. The first kappa shape index (κ1) is 26.4. The van der Waals surface area contributed by atoms with Crippen LogP contribution in [0, 0.1) is 0 Å². The van der Waals surface area contributed by atoms with Gasteiger partial charge in [0.2, 0.25) is 5.91 Å². The minimum Gasteiger partial charge on any atom is -0.325 e. The van der Waals surface area contributed by atoms with E-state index in [9.17, 15) is 4.79 Å². The van der Waals surface area contributed by atoms with E-state index in [1.807, 2.05) is 30.5 Å². The van der Waals surface area contributed by atoms with Gasteiger partial charge in [0.05, 0.1) is 11.2 Å². The van der Waals surface area contributed by atoms with Crippen molar-refractivity contribution in [3.63, 3.8) is 0 Å². The molecule has 0 aliphatic heterocycles. The molecule has 2 rings (SSSR count). The summed E-state index contributed by atoms with van der Waals surface area (Å²) in [6.45, 7) is 2.27. The minimum absolute atomic E-state index is 0.106. The molecule has 32 heavy (non-hydrogen) atoms. The van der Waals surface area contributed by atoms with E-state index in [0.29, 0.717) is 6.42 Å². The van der Waals surface area contributed by atoms with E-state index >= 15 is 0 Å². The molecular formula is C28H42N2OS. The van der Waals surface area contributed by atoms with Gasteiger partial charge in [-0.3, -0.25) is 9.78 Å². The minimum atomic E-state index is 0.106. The normalized spacial score (nSPS) is 11.4. The van der Waals surface area contributed by atoms with Gasteiger partial charge in [0.1, 0.15) is 0 Å². The second kappa shape index (κ2) is 16.8. The number of nitrogens with one attached hydrogen (secondary N) is 1. The van der Waals surface area contributed by atoms with Crippen LogP contribution in [0.2, 0.25) is 0 Å². The maximum absolute atomic E-state index is 12.5. The largest absolute Gasteiger partial charge is 0.325 e. The highest BCUT2D eigenvalue weighted by molar-refractivity contribution is 7.98. The third-order valence-corrected chi connectivity index (χ3v) is 6.68. The molecule has 0 aliphatic rings. The molecule has 176 valence electrons. The molecule has 4 heteroatoms. The Morgan fingerprint density at radius 3 is 2.25 bits per heavy atom. The number of rotatable bonds is 17. The van der Waals surface area contributed by atoms with Crippen molar-refractivity contribution in [2.75, 3.05) is 11.6 Å². The first-order valence-electron chi connectivity index (χ1n) is 12.6. The van der Waals surface area contributed by atoms with Crippen LogP contribution in [0.5, 0.6) is 0 Å². The zero-order chi connectivity index (χ0) is 22.9. The Labute approximate surface area is 199 Å². The Hall–Kier alpha value is -1.81. The van der Waals surface area contributed by atoms with Crippen molar-refractivity contribution in [2.45, 2.75) is 102 Å². The van der Waals surface area contributed by atoms with Gasteiger partial charge in [-0.05, 0) is 62.6 Å². The van der Waals surface area contributed by atoms with E-state index in [-0.39, 0.29) is 5.91 Å². The molecule has 1 N–H and O–H groups in total. The van der Waals surface area contributed by atoms with E-state index in [4.69, 9.17) is 0 Å². The van der Waals surface area contributed by atoms with Crippen LogP contribution >= 0.6 is 11.8 Å². The number of fused-ring (bicyclic) bond motifs is 1. The molecule has 0 spiro atoms. The number of nitrogens with zero attached hydrogens (tertiary/aromatic N) is 1. The van der Waals surface area contributed by atoms with Gasteiger partial charge in [-0.1, -0.05) is 70.4 Å². The van der Waals surface area contributed by atoms with E-state index in [1.54, 1.807) is 18.0 Å². The molecule has 1 aromatic heterocycles. The molecular weight excluding hydrogens is 412 g/mol. The average molecular weight is 455 g/mol. The molecule has 0 saturated heterocycles. The van der Waals surface area contributed by atoms with E-state index in [1.165, 1.54) is 70.6 Å². The van der Waals surface area contributed by atoms with Crippen LogP contribution < -0.4 is 5.32 Å². The number of pyridine rings is 1. The SMILES string of the molecule is CCCCCCCC/C=C/CCCCCCCC(=O)Nc1c(SC)ccc2ncccc12. The number of hydrogen-bond donors (Lipinski definition) is 1. The average Bonchev–Trinajstić information content (AvgIpc) is 2.81. The first-order valence-corrected chi connectivity index (χ1v) is 13.8. The van der Waals surface area contributed by atoms with Crippen molar-refractivity contribution in [1.82, 2.24) is 4.98 Å². The molecule has 0 atom stereocenters. The van der Waals surface area contributed by atoms with Gasteiger partial charge in [0.15, 0.2) is 0 Å². The summed E-state index contributed by atoms with van der Waals surface area (Å²) in [6.07, 6.45) is 25.7. The van der Waals surface area contributed by atoms with Gasteiger partial charge in [-0.25, -0.2) is 0 Å². The van der Waals surface area contributed by atoms with E-state index in [0.717, 1.165) is 34.3 Å². The number of carbonyl (C=O) groups is 1. The molecule has 0 fully saturated rings. The number of hydrogen-bond acceptors (Lipinski definition) is 3. The number of anilines is 1. The Morgan fingerprint density at radius 1 is 0.906 bits per heavy atom. The zero-order valence-electron chi connectivity index (χ0n) is 20.2. The third kappa shape index (κ3) is 10.2. The summed E-state index contributed by atoms with van der Waals surface area (Å²) in [5.41, 5.74) is 1.82. The number of benzene rings is 1. The fourth-order valence-electron chi connectivity index (χ4n) is 3.99. The molecule has 0 saturated carbocycles. The summed E-state index contributed by atoms with van der Waals surface area (Å²) in [7, 11) is 0. The van der Waals surface area contributed by atoms with Gasteiger partial charge >= 0.3 is 0 Å². The highest BCUT2D eigenvalue weighted by Gasteiger charge is 2.11. The lowest BCUT2D eigenvalue weighted by Crippen LogP contribution is -2.12. The quantitative estimate of drug-likeness (QED) is 0.147. The van der Waals surface area contributed by atoms with Crippen molar-refractivity contribution >= 4 is 34.3 Å². The van der Waals surface area contributed by atoms with Gasteiger partial charge in [0.25, 0.3) is 0 Å². The third-order valence-electron chi connectivity index (χ3n) is 5.90. The molecule has 1 amide bonds.